The molecule has 2 unspecified atom stereocenters. The van der Waals surface area contributed by atoms with Crippen molar-refractivity contribution < 1.29 is 14.0 Å². The van der Waals surface area contributed by atoms with Crippen molar-refractivity contribution in [1.29, 1.82) is 0 Å². The van der Waals surface area contributed by atoms with E-state index < -0.39 is 0 Å². The van der Waals surface area contributed by atoms with Gasteiger partial charge in [-0.05, 0) is 50.2 Å². The van der Waals surface area contributed by atoms with Crippen LogP contribution in [0, 0.1) is 11.8 Å². The lowest BCUT2D eigenvalue weighted by Gasteiger charge is -2.36. The van der Waals surface area contributed by atoms with E-state index in [4.69, 9.17) is 4.42 Å². The molecule has 3 saturated carbocycles. The molecule has 0 aromatic carbocycles. The van der Waals surface area contributed by atoms with E-state index in [9.17, 15) is 9.59 Å². The number of nitrogens with zero attached hydrogens (tertiary/aromatic N) is 3. The van der Waals surface area contributed by atoms with E-state index in [-0.39, 0.29) is 11.8 Å². The molecule has 1 aromatic heterocycles. The molecule has 2 amide bonds. The summed E-state index contributed by atoms with van der Waals surface area (Å²) >= 11 is 0. The van der Waals surface area contributed by atoms with E-state index in [0.717, 1.165) is 36.8 Å². The monoisotopic (exact) mass is 385 g/mol. The average molecular weight is 386 g/mol. The molecule has 0 spiro atoms. The second-order valence-corrected chi connectivity index (χ2v) is 9.24. The zero-order valence-corrected chi connectivity index (χ0v) is 16.8. The van der Waals surface area contributed by atoms with Crippen LogP contribution in [-0.4, -0.2) is 65.3 Å². The first-order valence-electron chi connectivity index (χ1n) is 11.0. The van der Waals surface area contributed by atoms with E-state index in [1.807, 2.05) is 9.80 Å². The largest absolute Gasteiger partial charge is 0.464 e. The first-order valence-corrected chi connectivity index (χ1v) is 11.0. The predicted octanol–water partition coefficient (Wildman–Crippen LogP) is 2.45. The maximum Gasteiger partial charge on any atom is 0.236 e. The Hall–Kier alpha value is -1.82. The molecule has 2 heterocycles. The molecular formula is C22H31N3O3. The highest BCUT2D eigenvalue weighted by Gasteiger charge is 2.38. The van der Waals surface area contributed by atoms with E-state index in [1.54, 1.807) is 0 Å². The van der Waals surface area contributed by atoms with Crippen molar-refractivity contribution in [2.24, 2.45) is 11.8 Å². The number of piperazine rings is 1. The van der Waals surface area contributed by atoms with Crippen molar-refractivity contribution in [3.63, 3.8) is 0 Å². The highest BCUT2D eigenvalue weighted by atomic mass is 16.3. The smallest absolute Gasteiger partial charge is 0.236 e. The number of carbonyl (C=O) groups is 2. The van der Waals surface area contributed by atoms with Gasteiger partial charge in [-0.1, -0.05) is 6.92 Å². The number of rotatable bonds is 7. The summed E-state index contributed by atoms with van der Waals surface area (Å²) in [5.74, 6) is 4.18. The topological polar surface area (TPSA) is 57.0 Å². The Labute approximate surface area is 166 Å². The molecule has 0 radical (unpaired) electrons. The Morgan fingerprint density at radius 1 is 1.07 bits per heavy atom. The van der Waals surface area contributed by atoms with Crippen molar-refractivity contribution in [2.75, 3.05) is 32.7 Å². The third kappa shape index (κ3) is 3.97. The summed E-state index contributed by atoms with van der Waals surface area (Å²) in [6.45, 7) is 6.15. The maximum absolute atomic E-state index is 12.9. The number of carbonyl (C=O) groups excluding carboxylic acids is 2. The van der Waals surface area contributed by atoms with Crippen LogP contribution in [0.1, 0.15) is 56.5 Å². The average Bonchev–Trinajstić information content (AvgIpc) is 3.57. The number of amides is 2. The molecule has 0 N–H and O–H groups in total. The summed E-state index contributed by atoms with van der Waals surface area (Å²) in [6, 6.07) is 4.71. The molecule has 2 atom stereocenters. The fourth-order valence-corrected chi connectivity index (χ4v) is 4.39. The van der Waals surface area contributed by atoms with Gasteiger partial charge in [-0.15, -0.1) is 0 Å². The molecular weight excluding hydrogens is 354 g/mol. The van der Waals surface area contributed by atoms with Gasteiger partial charge in [0.1, 0.15) is 11.5 Å². The summed E-state index contributed by atoms with van der Waals surface area (Å²) in [5, 5.41) is 0. The van der Waals surface area contributed by atoms with Gasteiger partial charge < -0.3 is 14.2 Å². The van der Waals surface area contributed by atoms with Gasteiger partial charge >= 0.3 is 0 Å². The standard InChI is InChI=1S/C22H31N3O3/c1-15-12-19(15)20-7-6-18(28-20)13-25(17-4-5-17)14-21(26)23-8-10-24(11-9-23)22(27)16-2-3-16/h6-7,15-17,19H,2-5,8-14H2,1H3. The number of furan rings is 1. The summed E-state index contributed by atoms with van der Waals surface area (Å²) in [4.78, 5) is 31.2. The Balaban J connectivity index is 1.14. The molecule has 6 nitrogen and oxygen atoms in total. The van der Waals surface area contributed by atoms with Gasteiger partial charge in [-0.3, -0.25) is 14.5 Å². The second kappa shape index (κ2) is 7.21. The maximum atomic E-state index is 12.9. The van der Waals surface area contributed by atoms with Gasteiger partial charge in [-0.25, -0.2) is 0 Å². The van der Waals surface area contributed by atoms with Crippen molar-refractivity contribution in [3.8, 4) is 0 Å². The minimum atomic E-state index is 0.188. The van der Waals surface area contributed by atoms with Gasteiger partial charge in [0, 0.05) is 44.1 Å². The van der Waals surface area contributed by atoms with Crippen LogP contribution in [-0.2, 0) is 16.1 Å². The Morgan fingerprint density at radius 3 is 2.36 bits per heavy atom. The van der Waals surface area contributed by atoms with Gasteiger partial charge in [0.15, 0.2) is 0 Å². The van der Waals surface area contributed by atoms with Gasteiger partial charge in [0.05, 0.1) is 13.1 Å². The van der Waals surface area contributed by atoms with Crippen LogP contribution in [0.15, 0.2) is 16.5 Å². The van der Waals surface area contributed by atoms with E-state index in [1.165, 1.54) is 19.3 Å². The Kier molecular flexibility index (Phi) is 4.69. The third-order valence-corrected chi connectivity index (χ3v) is 6.79. The van der Waals surface area contributed by atoms with E-state index in [2.05, 4.69) is 24.0 Å². The minimum absolute atomic E-state index is 0.188. The zero-order chi connectivity index (χ0) is 19.3. The lowest BCUT2D eigenvalue weighted by Crippen LogP contribution is -2.53. The van der Waals surface area contributed by atoms with Crippen LogP contribution in [0.3, 0.4) is 0 Å². The number of hydrogen-bond donors (Lipinski definition) is 0. The highest BCUT2D eigenvalue weighted by Crippen LogP contribution is 2.47. The second-order valence-electron chi connectivity index (χ2n) is 9.24. The first-order chi connectivity index (χ1) is 13.6. The normalized spacial score (nSPS) is 27.4. The molecule has 0 bridgehead atoms. The van der Waals surface area contributed by atoms with E-state index >= 15 is 0 Å². The first kappa shape index (κ1) is 18.2. The highest BCUT2D eigenvalue weighted by molar-refractivity contribution is 5.82. The van der Waals surface area contributed by atoms with Gasteiger partial charge in [0.25, 0.3) is 0 Å². The van der Waals surface area contributed by atoms with Crippen LogP contribution in [0.4, 0.5) is 0 Å². The summed E-state index contributed by atoms with van der Waals surface area (Å²) in [5.41, 5.74) is 0. The van der Waals surface area contributed by atoms with Crippen LogP contribution < -0.4 is 0 Å². The summed E-state index contributed by atoms with van der Waals surface area (Å²) in [6.07, 6.45) is 5.66. The van der Waals surface area contributed by atoms with Crippen LogP contribution >= 0.6 is 0 Å². The lowest BCUT2D eigenvalue weighted by atomic mass is 10.2. The van der Waals surface area contributed by atoms with E-state index in [0.29, 0.717) is 50.6 Å². The quantitative estimate of drug-likeness (QED) is 0.723. The molecule has 1 saturated heterocycles. The van der Waals surface area contributed by atoms with Crippen molar-refractivity contribution >= 4 is 11.8 Å². The van der Waals surface area contributed by atoms with Gasteiger partial charge in [-0.2, -0.15) is 0 Å². The van der Waals surface area contributed by atoms with Crippen molar-refractivity contribution in [2.45, 2.75) is 57.5 Å². The van der Waals surface area contributed by atoms with Gasteiger partial charge in [0.2, 0.25) is 11.8 Å². The van der Waals surface area contributed by atoms with Crippen molar-refractivity contribution in [3.05, 3.63) is 23.7 Å². The Morgan fingerprint density at radius 2 is 1.75 bits per heavy atom. The summed E-state index contributed by atoms with van der Waals surface area (Å²) in [7, 11) is 0. The molecule has 1 aromatic rings. The number of hydrogen-bond acceptors (Lipinski definition) is 4. The van der Waals surface area contributed by atoms with Crippen LogP contribution in [0.5, 0.6) is 0 Å². The molecule has 4 aliphatic rings. The SMILES string of the molecule is CC1CC1c1ccc(CN(CC(=O)N2CCN(C(=O)C3CC3)CC2)C2CC2)o1. The molecule has 3 aliphatic carbocycles. The predicted molar refractivity (Wildman–Crippen MR) is 105 cm³/mol. The van der Waals surface area contributed by atoms with Crippen LogP contribution in [0.25, 0.3) is 0 Å². The fourth-order valence-electron chi connectivity index (χ4n) is 4.39. The molecule has 4 fully saturated rings. The van der Waals surface area contributed by atoms with Crippen LogP contribution in [0.2, 0.25) is 0 Å². The zero-order valence-electron chi connectivity index (χ0n) is 16.8. The molecule has 1 aliphatic heterocycles. The summed E-state index contributed by atoms with van der Waals surface area (Å²) < 4.78 is 6.07. The molecule has 6 heteroatoms. The minimum Gasteiger partial charge on any atom is -0.464 e. The fraction of sp³-hybridized carbons (Fsp3) is 0.727. The molecule has 5 rings (SSSR count). The Bertz CT molecular complexity index is 744. The molecule has 28 heavy (non-hydrogen) atoms. The molecule has 152 valence electrons. The van der Waals surface area contributed by atoms with Crippen molar-refractivity contribution in [1.82, 2.24) is 14.7 Å². The third-order valence-electron chi connectivity index (χ3n) is 6.79. The lowest BCUT2D eigenvalue weighted by molar-refractivity contribution is -0.141.